The van der Waals surface area contributed by atoms with Crippen molar-refractivity contribution in [3.63, 3.8) is 0 Å². The lowest BCUT2D eigenvalue weighted by atomic mass is 10.0. The smallest absolute Gasteiger partial charge is 0.117 e. The van der Waals surface area contributed by atoms with E-state index in [1.165, 1.54) is 0 Å². The number of aryl methyl sites for hydroxylation is 1. The molecule has 5 nitrogen and oxygen atoms in total. The highest BCUT2D eigenvalue weighted by Crippen LogP contribution is 2.17. The first-order valence-electron chi connectivity index (χ1n) is 4.86. The lowest BCUT2D eigenvalue weighted by molar-refractivity contribution is 0.0488. The topological polar surface area (TPSA) is 63.0 Å². The second kappa shape index (κ2) is 4.52. The van der Waals surface area contributed by atoms with Gasteiger partial charge < -0.3 is 10.4 Å². The molecule has 0 saturated carbocycles. The van der Waals surface area contributed by atoms with Crippen molar-refractivity contribution in [2.75, 3.05) is 13.1 Å². The van der Waals surface area contributed by atoms with E-state index in [1.807, 2.05) is 0 Å². The van der Waals surface area contributed by atoms with E-state index < -0.39 is 5.60 Å². The predicted molar refractivity (Wildman–Crippen MR) is 53.7 cm³/mol. The number of aromatic nitrogens is 3. The van der Waals surface area contributed by atoms with E-state index in [0.29, 0.717) is 6.54 Å². The van der Waals surface area contributed by atoms with Gasteiger partial charge in [0.2, 0.25) is 0 Å². The third-order valence-electron chi connectivity index (χ3n) is 2.16. The van der Waals surface area contributed by atoms with Crippen LogP contribution in [0.5, 0.6) is 0 Å². The Labute approximate surface area is 84.1 Å². The fraction of sp³-hybridized carbons (Fsp3) is 0.778. The zero-order chi connectivity index (χ0) is 10.6. The van der Waals surface area contributed by atoms with Crippen molar-refractivity contribution in [3.05, 3.63) is 11.9 Å². The van der Waals surface area contributed by atoms with Crippen molar-refractivity contribution in [1.82, 2.24) is 20.3 Å². The Bertz CT molecular complexity index is 282. The molecule has 0 aliphatic rings. The molecule has 14 heavy (non-hydrogen) atoms. The molecule has 1 aromatic heterocycles. The first-order chi connectivity index (χ1) is 6.58. The van der Waals surface area contributed by atoms with Crippen LogP contribution in [0, 0.1) is 0 Å². The van der Waals surface area contributed by atoms with E-state index in [0.717, 1.165) is 18.7 Å². The van der Waals surface area contributed by atoms with Crippen LogP contribution < -0.4 is 5.32 Å². The summed E-state index contributed by atoms with van der Waals surface area (Å²) in [5.74, 6) is 0. The van der Waals surface area contributed by atoms with Gasteiger partial charge in [0.15, 0.2) is 0 Å². The van der Waals surface area contributed by atoms with Gasteiger partial charge >= 0.3 is 0 Å². The molecular formula is C9H18N4O. The molecule has 0 aromatic carbocycles. The average molecular weight is 198 g/mol. The second-order valence-electron chi connectivity index (χ2n) is 3.69. The molecular weight excluding hydrogens is 180 g/mol. The molecule has 0 fully saturated rings. The van der Waals surface area contributed by atoms with Crippen molar-refractivity contribution in [2.24, 2.45) is 7.05 Å². The average Bonchev–Trinajstić information content (AvgIpc) is 2.52. The fourth-order valence-electron chi connectivity index (χ4n) is 1.38. The maximum Gasteiger partial charge on any atom is 0.117 e. The number of hydrogen-bond acceptors (Lipinski definition) is 4. The van der Waals surface area contributed by atoms with Crippen molar-refractivity contribution in [2.45, 2.75) is 25.9 Å². The molecule has 80 valence electrons. The first-order valence-corrected chi connectivity index (χ1v) is 4.86. The summed E-state index contributed by atoms with van der Waals surface area (Å²) in [6.45, 7) is 5.27. The minimum atomic E-state index is -0.909. The van der Waals surface area contributed by atoms with Crippen molar-refractivity contribution < 1.29 is 5.11 Å². The van der Waals surface area contributed by atoms with E-state index in [2.05, 4.69) is 22.6 Å². The Morgan fingerprint density at radius 3 is 2.86 bits per heavy atom. The van der Waals surface area contributed by atoms with Crippen molar-refractivity contribution in [3.8, 4) is 0 Å². The monoisotopic (exact) mass is 198 g/mol. The van der Waals surface area contributed by atoms with Crippen molar-refractivity contribution in [1.29, 1.82) is 0 Å². The molecule has 0 aliphatic heterocycles. The summed E-state index contributed by atoms with van der Waals surface area (Å²) < 4.78 is 1.59. The molecule has 0 radical (unpaired) electrons. The normalized spacial score (nSPS) is 15.4. The highest BCUT2D eigenvalue weighted by molar-refractivity contribution is 5.06. The first kappa shape index (κ1) is 11.1. The largest absolute Gasteiger partial charge is 0.382 e. The molecule has 0 saturated heterocycles. The molecule has 5 heteroatoms. The highest BCUT2D eigenvalue weighted by Gasteiger charge is 2.26. The predicted octanol–water partition coefficient (Wildman–Crippen LogP) is 0.0222. The van der Waals surface area contributed by atoms with Crippen LogP contribution in [0.25, 0.3) is 0 Å². The lowest BCUT2D eigenvalue weighted by Gasteiger charge is -2.23. The van der Waals surface area contributed by atoms with Crippen LogP contribution >= 0.6 is 0 Å². The SMILES string of the molecule is CCCNCC(C)(O)c1cnnn1C. The minimum Gasteiger partial charge on any atom is -0.382 e. The number of hydrogen-bond donors (Lipinski definition) is 2. The van der Waals surface area contributed by atoms with E-state index in [-0.39, 0.29) is 0 Å². The van der Waals surface area contributed by atoms with Gasteiger partial charge in [0.1, 0.15) is 5.60 Å². The molecule has 1 unspecified atom stereocenters. The van der Waals surface area contributed by atoms with Gasteiger partial charge in [0.25, 0.3) is 0 Å². The van der Waals surface area contributed by atoms with Crippen LogP contribution in [0.2, 0.25) is 0 Å². The number of aliphatic hydroxyl groups is 1. The molecule has 0 bridgehead atoms. The van der Waals surface area contributed by atoms with E-state index in [9.17, 15) is 5.11 Å². The van der Waals surface area contributed by atoms with Gasteiger partial charge in [-0.3, -0.25) is 0 Å². The fourth-order valence-corrected chi connectivity index (χ4v) is 1.38. The Hall–Kier alpha value is -0.940. The zero-order valence-corrected chi connectivity index (χ0v) is 8.99. The van der Waals surface area contributed by atoms with Gasteiger partial charge in [-0.1, -0.05) is 12.1 Å². The van der Waals surface area contributed by atoms with E-state index in [1.54, 1.807) is 24.9 Å². The zero-order valence-electron chi connectivity index (χ0n) is 8.99. The van der Waals surface area contributed by atoms with Crippen LogP contribution in [0.15, 0.2) is 6.20 Å². The molecule has 0 aliphatic carbocycles. The van der Waals surface area contributed by atoms with Gasteiger partial charge in [-0.25, -0.2) is 4.68 Å². The molecule has 1 rings (SSSR count). The van der Waals surface area contributed by atoms with Gasteiger partial charge in [-0.15, -0.1) is 5.10 Å². The summed E-state index contributed by atoms with van der Waals surface area (Å²) >= 11 is 0. The van der Waals surface area contributed by atoms with Gasteiger partial charge in [0.05, 0.1) is 11.9 Å². The summed E-state index contributed by atoms with van der Waals surface area (Å²) in [5, 5.41) is 20.8. The summed E-state index contributed by atoms with van der Waals surface area (Å²) in [4.78, 5) is 0. The molecule has 0 spiro atoms. The van der Waals surface area contributed by atoms with E-state index in [4.69, 9.17) is 0 Å². The molecule has 1 atom stereocenters. The van der Waals surface area contributed by atoms with Crippen LogP contribution in [-0.4, -0.2) is 33.2 Å². The Morgan fingerprint density at radius 2 is 2.36 bits per heavy atom. The summed E-state index contributed by atoms with van der Waals surface area (Å²) in [5.41, 5.74) is -0.186. The van der Waals surface area contributed by atoms with Crippen LogP contribution in [0.1, 0.15) is 26.0 Å². The Kier molecular flexibility index (Phi) is 3.60. The highest BCUT2D eigenvalue weighted by atomic mass is 16.3. The maximum atomic E-state index is 10.1. The summed E-state index contributed by atoms with van der Waals surface area (Å²) in [6, 6.07) is 0. The third kappa shape index (κ3) is 2.52. The molecule has 0 amide bonds. The summed E-state index contributed by atoms with van der Waals surface area (Å²) in [7, 11) is 1.77. The quantitative estimate of drug-likeness (QED) is 0.655. The van der Waals surface area contributed by atoms with E-state index >= 15 is 0 Å². The van der Waals surface area contributed by atoms with Crippen LogP contribution in [0.4, 0.5) is 0 Å². The third-order valence-corrected chi connectivity index (χ3v) is 2.16. The second-order valence-corrected chi connectivity index (χ2v) is 3.69. The van der Waals surface area contributed by atoms with Crippen LogP contribution in [0.3, 0.4) is 0 Å². The molecule has 2 N–H and O–H groups in total. The van der Waals surface area contributed by atoms with Gasteiger partial charge in [0, 0.05) is 13.6 Å². The maximum absolute atomic E-state index is 10.1. The molecule has 1 heterocycles. The summed E-state index contributed by atoms with van der Waals surface area (Å²) in [6.07, 6.45) is 2.65. The standard InChI is InChI=1S/C9H18N4O/c1-4-5-10-7-9(2,14)8-6-11-12-13(8)3/h6,10,14H,4-5,7H2,1-3H3. The number of nitrogens with zero attached hydrogens (tertiary/aromatic N) is 3. The number of rotatable bonds is 5. The minimum absolute atomic E-state index is 0.516. The lowest BCUT2D eigenvalue weighted by Crippen LogP contribution is -2.37. The Morgan fingerprint density at radius 1 is 1.64 bits per heavy atom. The van der Waals surface area contributed by atoms with Gasteiger partial charge in [-0.2, -0.15) is 0 Å². The van der Waals surface area contributed by atoms with Gasteiger partial charge in [-0.05, 0) is 19.9 Å². The molecule has 1 aromatic rings. The van der Waals surface area contributed by atoms with Crippen LogP contribution in [-0.2, 0) is 12.6 Å². The number of nitrogens with one attached hydrogen (secondary N) is 1. The van der Waals surface area contributed by atoms with Crippen molar-refractivity contribution >= 4 is 0 Å². The Balaban J connectivity index is 2.61.